The summed E-state index contributed by atoms with van der Waals surface area (Å²) in [4.78, 5) is 30.3. The van der Waals surface area contributed by atoms with Crippen LogP contribution in [-0.2, 0) is 6.54 Å². The molecule has 0 spiro atoms. The number of amides is 1. The topological polar surface area (TPSA) is 79.2 Å². The van der Waals surface area contributed by atoms with E-state index in [2.05, 4.69) is 54.4 Å². The molecule has 5 rings (SSSR count). The highest BCUT2D eigenvalue weighted by Gasteiger charge is 2.22. The molecule has 1 fully saturated rings. The lowest BCUT2D eigenvalue weighted by Crippen LogP contribution is -2.46. The third-order valence-electron chi connectivity index (χ3n) is 6.17. The van der Waals surface area contributed by atoms with E-state index in [1.807, 2.05) is 48.1 Å². The molecule has 0 atom stereocenters. The number of hydrogen-bond acceptors (Lipinski definition) is 6. The van der Waals surface area contributed by atoms with Gasteiger partial charge in [0, 0.05) is 62.6 Å². The van der Waals surface area contributed by atoms with Crippen molar-refractivity contribution in [2.45, 2.75) is 13.5 Å². The zero-order valence-corrected chi connectivity index (χ0v) is 19.1. The predicted molar refractivity (Wildman–Crippen MR) is 132 cm³/mol. The van der Waals surface area contributed by atoms with Crippen LogP contribution in [0.25, 0.3) is 11.3 Å². The Kier molecular flexibility index (Phi) is 6.31. The standard InChI is InChI=1S/C26H27N7O/c1-20-22(19-31-13-15-32(16-14-31)25-9-5-6-10-29-25)17-24(21-7-3-2-4-8-21)33(20)30-26(34)23-18-27-11-12-28-23/h2-12,17-18H,13-16,19H2,1H3,(H,30,34). The molecule has 0 saturated carbocycles. The van der Waals surface area contributed by atoms with E-state index < -0.39 is 0 Å². The Bertz CT molecular complexity index is 1230. The summed E-state index contributed by atoms with van der Waals surface area (Å²) in [5.74, 6) is 0.738. The van der Waals surface area contributed by atoms with Gasteiger partial charge in [-0.1, -0.05) is 36.4 Å². The SMILES string of the molecule is Cc1c(CN2CCN(c3ccccn3)CC2)cc(-c2ccccc2)n1NC(=O)c1cnccn1. The second-order valence-electron chi connectivity index (χ2n) is 8.32. The van der Waals surface area contributed by atoms with Crippen molar-refractivity contribution >= 4 is 11.7 Å². The number of pyridine rings is 1. The molecule has 1 N–H and O–H groups in total. The molecular weight excluding hydrogens is 426 g/mol. The predicted octanol–water partition coefficient (Wildman–Crippen LogP) is 3.35. The summed E-state index contributed by atoms with van der Waals surface area (Å²) < 4.78 is 1.87. The van der Waals surface area contributed by atoms with Crippen molar-refractivity contribution in [3.63, 3.8) is 0 Å². The number of benzene rings is 1. The molecule has 8 nitrogen and oxygen atoms in total. The van der Waals surface area contributed by atoms with Gasteiger partial charge in [0.2, 0.25) is 0 Å². The van der Waals surface area contributed by atoms with E-state index >= 15 is 0 Å². The second kappa shape index (κ2) is 9.84. The van der Waals surface area contributed by atoms with Crippen molar-refractivity contribution in [2.24, 2.45) is 0 Å². The third-order valence-corrected chi connectivity index (χ3v) is 6.17. The Morgan fingerprint density at radius 2 is 1.74 bits per heavy atom. The minimum Gasteiger partial charge on any atom is -0.354 e. The zero-order chi connectivity index (χ0) is 23.3. The van der Waals surface area contributed by atoms with Gasteiger partial charge in [0.15, 0.2) is 0 Å². The molecule has 0 bridgehead atoms. The van der Waals surface area contributed by atoms with E-state index in [4.69, 9.17) is 0 Å². The fourth-order valence-electron chi connectivity index (χ4n) is 4.28. The normalized spacial score (nSPS) is 14.2. The molecule has 3 aromatic heterocycles. The highest BCUT2D eigenvalue weighted by atomic mass is 16.2. The quantitative estimate of drug-likeness (QED) is 0.482. The maximum absolute atomic E-state index is 12.9. The van der Waals surface area contributed by atoms with Crippen LogP contribution in [0.15, 0.2) is 79.4 Å². The number of carbonyl (C=O) groups is 1. The summed E-state index contributed by atoms with van der Waals surface area (Å²) in [7, 11) is 0. The number of nitrogens with one attached hydrogen (secondary N) is 1. The molecular formula is C26H27N7O. The molecule has 0 unspecified atom stereocenters. The van der Waals surface area contributed by atoms with Crippen LogP contribution in [0.2, 0.25) is 0 Å². The summed E-state index contributed by atoms with van der Waals surface area (Å²) in [6.07, 6.45) is 6.39. The molecule has 4 heterocycles. The summed E-state index contributed by atoms with van der Waals surface area (Å²) in [5, 5.41) is 0. The van der Waals surface area contributed by atoms with Gasteiger partial charge in [-0.15, -0.1) is 0 Å². The van der Waals surface area contributed by atoms with Gasteiger partial charge in [-0.25, -0.2) is 9.97 Å². The molecule has 1 amide bonds. The Morgan fingerprint density at radius 3 is 2.44 bits per heavy atom. The van der Waals surface area contributed by atoms with Crippen molar-refractivity contribution in [2.75, 3.05) is 36.5 Å². The van der Waals surface area contributed by atoms with Crippen LogP contribution in [0, 0.1) is 6.92 Å². The maximum Gasteiger partial charge on any atom is 0.290 e. The highest BCUT2D eigenvalue weighted by Crippen LogP contribution is 2.26. The van der Waals surface area contributed by atoms with Gasteiger partial charge in [-0.3, -0.25) is 24.8 Å². The lowest BCUT2D eigenvalue weighted by molar-refractivity contribution is 0.100. The smallest absolute Gasteiger partial charge is 0.290 e. The molecule has 1 aliphatic heterocycles. The average molecular weight is 454 g/mol. The Labute approximate surface area is 198 Å². The number of nitrogens with zero attached hydrogens (tertiary/aromatic N) is 6. The monoisotopic (exact) mass is 453 g/mol. The van der Waals surface area contributed by atoms with Crippen LogP contribution in [0.3, 0.4) is 0 Å². The van der Waals surface area contributed by atoms with E-state index in [1.54, 1.807) is 6.20 Å². The van der Waals surface area contributed by atoms with E-state index in [0.717, 1.165) is 55.5 Å². The van der Waals surface area contributed by atoms with Crippen LogP contribution >= 0.6 is 0 Å². The van der Waals surface area contributed by atoms with Crippen molar-refractivity contribution in [1.82, 2.24) is 24.5 Å². The van der Waals surface area contributed by atoms with Gasteiger partial charge >= 0.3 is 0 Å². The number of rotatable bonds is 6. The van der Waals surface area contributed by atoms with Gasteiger partial charge in [0.1, 0.15) is 11.5 Å². The van der Waals surface area contributed by atoms with Crippen molar-refractivity contribution in [1.29, 1.82) is 0 Å². The molecule has 8 heteroatoms. The largest absolute Gasteiger partial charge is 0.354 e. The van der Waals surface area contributed by atoms with E-state index in [0.29, 0.717) is 0 Å². The van der Waals surface area contributed by atoms with Gasteiger partial charge in [0.25, 0.3) is 5.91 Å². The molecule has 172 valence electrons. The van der Waals surface area contributed by atoms with Crippen molar-refractivity contribution in [3.05, 3.63) is 96.3 Å². The summed E-state index contributed by atoms with van der Waals surface area (Å²) in [6, 6.07) is 18.3. The summed E-state index contributed by atoms with van der Waals surface area (Å²) in [5.41, 5.74) is 7.47. The lowest BCUT2D eigenvalue weighted by Gasteiger charge is -2.35. The first-order chi connectivity index (χ1) is 16.7. The lowest BCUT2D eigenvalue weighted by atomic mass is 10.1. The summed E-state index contributed by atoms with van der Waals surface area (Å²) >= 11 is 0. The Hall–Kier alpha value is -4.04. The van der Waals surface area contributed by atoms with Crippen molar-refractivity contribution < 1.29 is 4.79 Å². The molecule has 1 saturated heterocycles. The molecule has 0 radical (unpaired) electrons. The van der Waals surface area contributed by atoms with Crippen LogP contribution in [-0.4, -0.2) is 56.6 Å². The van der Waals surface area contributed by atoms with E-state index in [-0.39, 0.29) is 11.6 Å². The van der Waals surface area contributed by atoms with Crippen LogP contribution in [0.4, 0.5) is 5.82 Å². The number of piperazine rings is 1. The van der Waals surface area contributed by atoms with Crippen LogP contribution in [0.1, 0.15) is 21.7 Å². The molecule has 1 aliphatic rings. The highest BCUT2D eigenvalue weighted by molar-refractivity contribution is 5.98. The second-order valence-corrected chi connectivity index (χ2v) is 8.32. The third kappa shape index (κ3) is 4.67. The van der Waals surface area contributed by atoms with Crippen LogP contribution in [0.5, 0.6) is 0 Å². The first-order valence-electron chi connectivity index (χ1n) is 11.4. The minimum absolute atomic E-state index is 0.279. The van der Waals surface area contributed by atoms with E-state index in [9.17, 15) is 4.79 Å². The first kappa shape index (κ1) is 21.8. The number of carbonyl (C=O) groups excluding carboxylic acids is 1. The molecule has 1 aromatic carbocycles. The number of aromatic nitrogens is 4. The Balaban J connectivity index is 1.36. The van der Waals surface area contributed by atoms with Gasteiger partial charge < -0.3 is 4.90 Å². The fraction of sp³-hybridized carbons (Fsp3) is 0.231. The molecule has 4 aromatic rings. The molecule has 34 heavy (non-hydrogen) atoms. The van der Waals surface area contributed by atoms with Gasteiger partial charge in [-0.2, -0.15) is 0 Å². The van der Waals surface area contributed by atoms with Gasteiger partial charge in [0.05, 0.1) is 11.9 Å². The Morgan fingerprint density at radius 1 is 0.941 bits per heavy atom. The van der Waals surface area contributed by atoms with E-state index in [1.165, 1.54) is 18.0 Å². The van der Waals surface area contributed by atoms with Gasteiger partial charge in [-0.05, 0) is 30.7 Å². The molecule has 0 aliphatic carbocycles. The first-order valence-corrected chi connectivity index (χ1v) is 11.4. The van der Waals surface area contributed by atoms with Crippen molar-refractivity contribution in [3.8, 4) is 11.3 Å². The average Bonchev–Trinajstić information content (AvgIpc) is 3.20. The maximum atomic E-state index is 12.9. The minimum atomic E-state index is -0.292. The van der Waals surface area contributed by atoms with Crippen LogP contribution < -0.4 is 10.3 Å². The zero-order valence-electron chi connectivity index (χ0n) is 19.1. The summed E-state index contributed by atoms with van der Waals surface area (Å²) in [6.45, 7) is 6.64. The fourth-order valence-corrected chi connectivity index (χ4v) is 4.28. The number of anilines is 1. The number of hydrogen-bond donors (Lipinski definition) is 1.